The Morgan fingerprint density at radius 3 is 2.33 bits per heavy atom. The van der Waals surface area contributed by atoms with Gasteiger partial charge in [0.1, 0.15) is 19.3 Å². The molecule has 3 rings (SSSR count). The van der Waals surface area contributed by atoms with Crippen molar-refractivity contribution < 1.29 is 28.9 Å². The number of benzene rings is 2. The molecule has 2 aromatic carbocycles. The molecule has 1 heterocycles. The lowest BCUT2D eigenvalue weighted by molar-refractivity contribution is -0.890. The van der Waals surface area contributed by atoms with E-state index in [-0.39, 0.29) is 13.2 Å². The molecular formula is C30H33N4O5+. The van der Waals surface area contributed by atoms with Crippen molar-refractivity contribution in [1.82, 2.24) is 0 Å². The van der Waals surface area contributed by atoms with Gasteiger partial charge in [-0.1, -0.05) is 12.1 Å². The summed E-state index contributed by atoms with van der Waals surface area (Å²) in [5, 5.41) is 29.3. The van der Waals surface area contributed by atoms with Crippen LogP contribution >= 0.6 is 0 Å². The van der Waals surface area contributed by atoms with E-state index in [1.807, 2.05) is 6.07 Å². The molecule has 0 aliphatic carbocycles. The monoisotopic (exact) mass is 529 g/mol. The number of anilines is 1. The van der Waals surface area contributed by atoms with E-state index in [9.17, 15) is 20.4 Å². The highest BCUT2D eigenvalue weighted by Gasteiger charge is 2.31. The van der Waals surface area contributed by atoms with E-state index in [1.165, 1.54) is 16.7 Å². The lowest BCUT2D eigenvalue weighted by Gasteiger charge is -2.28. The second kappa shape index (κ2) is 12.3. The van der Waals surface area contributed by atoms with Gasteiger partial charge in [0.25, 0.3) is 5.69 Å². The number of hydrogen-bond acceptors (Lipinski definition) is 7. The Bertz CT molecular complexity index is 1410. The highest BCUT2D eigenvalue weighted by molar-refractivity contribution is 5.88. The van der Waals surface area contributed by atoms with Crippen LogP contribution in [0.15, 0.2) is 54.7 Å². The fourth-order valence-corrected chi connectivity index (χ4v) is 4.06. The lowest BCUT2D eigenvalue weighted by Crippen LogP contribution is -2.45. The fraction of sp³-hybridized carbons (Fsp3) is 0.333. The van der Waals surface area contributed by atoms with Crippen LogP contribution in [0.2, 0.25) is 0 Å². The normalized spacial score (nSPS) is 11.6. The molecule has 9 nitrogen and oxygen atoms in total. The molecule has 1 N–H and O–H groups in total. The Morgan fingerprint density at radius 1 is 1.10 bits per heavy atom. The van der Waals surface area contributed by atoms with Gasteiger partial charge in [-0.25, -0.2) is 4.79 Å². The van der Waals surface area contributed by atoms with Crippen molar-refractivity contribution in [3.8, 4) is 17.9 Å². The Balaban J connectivity index is 2.10. The summed E-state index contributed by atoms with van der Waals surface area (Å²) in [5.74, 6) is 0.399. The number of ether oxygens (including phenoxy) is 2. The average Bonchev–Trinajstić information content (AvgIpc) is 2.90. The SMILES string of the molecule is CO[n+]1cc(CN(C(=O)OC(C)(C)C)c2ccc(C#N)cc2)c(C(C)O)c(OCc2cccc(C#N)c2)c1C. The Morgan fingerprint density at radius 2 is 1.77 bits per heavy atom. The molecule has 9 heteroatoms. The zero-order chi connectivity index (χ0) is 28.7. The van der Waals surface area contributed by atoms with Gasteiger partial charge in [0, 0.05) is 22.9 Å². The first-order chi connectivity index (χ1) is 18.5. The van der Waals surface area contributed by atoms with Crippen LogP contribution in [0, 0.1) is 29.6 Å². The number of carbonyl (C=O) groups excluding carboxylic acids is 1. The molecule has 1 amide bonds. The second-order valence-electron chi connectivity index (χ2n) is 9.99. The van der Waals surface area contributed by atoms with E-state index in [0.717, 1.165) is 5.56 Å². The smallest absolute Gasteiger partial charge is 0.415 e. The van der Waals surface area contributed by atoms with E-state index in [4.69, 9.17) is 14.3 Å². The van der Waals surface area contributed by atoms with Crippen LogP contribution in [0.5, 0.6) is 5.75 Å². The topological polar surface area (TPSA) is 120 Å². The molecule has 202 valence electrons. The number of nitrogens with zero attached hydrogens (tertiary/aromatic N) is 4. The van der Waals surface area contributed by atoms with Gasteiger partial charge in [-0.05, 0) is 69.7 Å². The van der Waals surface area contributed by atoms with Crippen LogP contribution in [0.3, 0.4) is 0 Å². The largest absolute Gasteiger partial charge is 0.482 e. The molecule has 0 saturated carbocycles. The molecule has 0 spiro atoms. The van der Waals surface area contributed by atoms with Crippen LogP contribution in [-0.4, -0.2) is 23.9 Å². The maximum atomic E-state index is 13.4. The zero-order valence-corrected chi connectivity index (χ0v) is 23.1. The maximum Gasteiger partial charge on any atom is 0.415 e. The van der Waals surface area contributed by atoms with Crippen LogP contribution in [0.1, 0.15) is 67.3 Å². The molecule has 1 unspecified atom stereocenters. The van der Waals surface area contributed by atoms with Gasteiger partial charge in [0.15, 0.2) is 5.75 Å². The van der Waals surface area contributed by atoms with Gasteiger partial charge in [-0.15, -0.1) is 0 Å². The summed E-state index contributed by atoms with van der Waals surface area (Å²) in [4.78, 5) is 20.3. The molecule has 39 heavy (non-hydrogen) atoms. The van der Waals surface area contributed by atoms with Crippen LogP contribution in [0.25, 0.3) is 0 Å². The van der Waals surface area contributed by atoms with Crippen molar-refractivity contribution in [2.45, 2.75) is 59.5 Å². The Kier molecular flexibility index (Phi) is 9.13. The maximum absolute atomic E-state index is 13.4. The third-order valence-corrected chi connectivity index (χ3v) is 5.83. The summed E-state index contributed by atoms with van der Waals surface area (Å²) in [5.41, 5.74) is 3.17. The molecule has 0 saturated heterocycles. The number of aliphatic hydroxyl groups is 1. The minimum atomic E-state index is -0.952. The van der Waals surface area contributed by atoms with E-state index in [2.05, 4.69) is 12.1 Å². The lowest BCUT2D eigenvalue weighted by atomic mass is 10.0. The van der Waals surface area contributed by atoms with Gasteiger partial charge >= 0.3 is 6.09 Å². The van der Waals surface area contributed by atoms with Gasteiger partial charge in [0.05, 0.1) is 41.5 Å². The van der Waals surface area contributed by atoms with E-state index in [0.29, 0.717) is 39.4 Å². The van der Waals surface area contributed by atoms with Gasteiger partial charge in [-0.3, -0.25) is 9.74 Å². The van der Waals surface area contributed by atoms with Crippen molar-refractivity contribution in [2.75, 3.05) is 12.0 Å². The predicted molar refractivity (Wildman–Crippen MR) is 144 cm³/mol. The third-order valence-electron chi connectivity index (χ3n) is 5.83. The summed E-state index contributed by atoms with van der Waals surface area (Å²) >= 11 is 0. The minimum absolute atomic E-state index is 0.0188. The van der Waals surface area contributed by atoms with Crippen molar-refractivity contribution in [3.63, 3.8) is 0 Å². The fourth-order valence-electron chi connectivity index (χ4n) is 4.06. The minimum Gasteiger partial charge on any atom is -0.482 e. The van der Waals surface area contributed by atoms with E-state index >= 15 is 0 Å². The summed E-state index contributed by atoms with van der Waals surface area (Å²) in [7, 11) is 1.51. The number of rotatable bonds is 8. The molecule has 0 fully saturated rings. The molecule has 0 aliphatic heterocycles. The van der Waals surface area contributed by atoms with Crippen molar-refractivity contribution in [2.24, 2.45) is 0 Å². The molecule has 0 radical (unpaired) electrons. The quantitative estimate of drug-likeness (QED) is 0.422. The van der Waals surface area contributed by atoms with Crippen molar-refractivity contribution in [3.05, 3.63) is 88.2 Å². The number of amides is 1. The number of hydrogen-bond donors (Lipinski definition) is 1. The molecule has 0 aliphatic rings. The molecule has 0 bridgehead atoms. The first-order valence-corrected chi connectivity index (χ1v) is 12.4. The number of nitriles is 2. The van der Waals surface area contributed by atoms with Crippen molar-refractivity contribution in [1.29, 1.82) is 10.5 Å². The Hall–Kier alpha value is -4.60. The van der Waals surface area contributed by atoms with Crippen molar-refractivity contribution >= 4 is 11.8 Å². The van der Waals surface area contributed by atoms with E-state index in [1.54, 1.807) is 83.3 Å². The molecule has 1 atom stereocenters. The number of aliphatic hydroxyl groups excluding tert-OH is 1. The molecular weight excluding hydrogens is 496 g/mol. The average molecular weight is 530 g/mol. The standard InChI is InChI=1S/C30H33N4O5/c1-20-28(38-19-24-9-7-8-23(14-24)16-32)27(21(2)35)25(18-34(20)37-6)17-33(29(36)39-30(3,4)5)26-12-10-22(15-31)11-13-26/h7-14,18,21,35H,17,19H2,1-6H3/q+1. The predicted octanol–water partition coefficient (Wildman–Crippen LogP) is 4.66. The third kappa shape index (κ3) is 7.25. The molecule has 1 aromatic heterocycles. The first-order valence-electron chi connectivity index (χ1n) is 12.4. The number of pyridine rings is 1. The summed E-state index contributed by atoms with van der Waals surface area (Å²) in [6.07, 6.45) is 0.151. The van der Waals surface area contributed by atoms with Crippen LogP contribution in [-0.2, 0) is 17.9 Å². The summed E-state index contributed by atoms with van der Waals surface area (Å²) in [6.45, 7) is 8.92. The zero-order valence-electron chi connectivity index (χ0n) is 23.1. The number of aromatic nitrogens is 1. The molecule has 3 aromatic rings. The highest BCUT2D eigenvalue weighted by atomic mass is 16.6. The van der Waals surface area contributed by atoms with Gasteiger partial charge < -0.3 is 14.6 Å². The first kappa shape index (κ1) is 29.0. The van der Waals surface area contributed by atoms with Crippen LogP contribution < -0.4 is 19.2 Å². The van der Waals surface area contributed by atoms with Gasteiger partial charge in [-0.2, -0.15) is 10.5 Å². The Labute approximate surface area is 229 Å². The highest BCUT2D eigenvalue weighted by Crippen LogP contribution is 2.33. The van der Waals surface area contributed by atoms with Gasteiger partial charge in [0.2, 0.25) is 6.20 Å². The summed E-state index contributed by atoms with van der Waals surface area (Å²) in [6, 6.07) is 17.9. The van der Waals surface area contributed by atoms with Crippen LogP contribution in [0.4, 0.5) is 10.5 Å². The second-order valence-corrected chi connectivity index (χ2v) is 9.99. The number of carbonyl (C=O) groups is 1. The summed E-state index contributed by atoms with van der Waals surface area (Å²) < 4.78 is 13.4. The van der Waals surface area contributed by atoms with E-state index < -0.39 is 17.8 Å².